The van der Waals surface area contributed by atoms with Crippen LogP contribution in [0.1, 0.15) is 23.2 Å². The maximum atomic E-state index is 12.0. The smallest absolute Gasteiger partial charge is 0.178 e. The molecule has 0 atom stereocenters. The van der Waals surface area contributed by atoms with Crippen molar-refractivity contribution in [1.82, 2.24) is 4.90 Å². The number of carbonyl (C=O) groups is 1. The number of halogens is 2. The van der Waals surface area contributed by atoms with E-state index in [2.05, 4.69) is 4.90 Å². The van der Waals surface area contributed by atoms with Crippen LogP contribution in [0.4, 0.5) is 0 Å². The van der Waals surface area contributed by atoms with E-state index in [1.54, 1.807) is 18.2 Å². The first-order valence-electron chi connectivity index (χ1n) is 5.26. The molecule has 2 rings (SSSR count). The van der Waals surface area contributed by atoms with Gasteiger partial charge in [-0.15, -0.1) is 0 Å². The molecule has 16 heavy (non-hydrogen) atoms. The zero-order valence-corrected chi connectivity index (χ0v) is 10.6. The molecule has 0 spiro atoms. The molecule has 0 unspecified atom stereocenters. The third-order valence-electron chi connectivity index (χ3n) is 2.79. The van der Waals surface area contributed by atoms with Crippen molar-refractivity contribution in [1.29, 1.82) is 0 Å². The number of nitrogens with zero attached hydrogens (tertiary/aromatic N) is 1. The Morgan fingerprint density at radius 3 is 2.75 bits per heavy atom. The molecule has 1 fully saturated rings. The van der Waals surface area contributed by atoms with E-state index in [-0.39, 0.29) is 5.78 Å². The zero-order valence-electron chi connectivity index (χ0n) is 9.04. The molecule has 0 amide bonds. The summed E-state index contributed by atoms with van der Waals surface area (Å²) in [7, 11) is 1.97. The summed E-state index contributed by atoms with van der Waals surface area (Å²) >= 11 is 11.8. The summed E-state index contributed by atoms with van der Waals surface area (Å²) in [5.74, 6) is 0.0295. The highest BCUT2D eigenvalue weighted by molar-refractivity contribution is 6.36. The molecule has 0 heterocycles. The Bertz CT molecular complexity index is 415. The van der Waals surface area contributed by atoms with E-state index < -0.39 is 0 Å². The Morgan fingerprint density at radius 1 is 1.44 bits per heavy atom. The van der Waals surface area contributed by atoms with Gasteiger partial charge in [-0.05, 0) is 38.1 Å². The number of hydrogen-bond acceptors (Lipinski definition) is 2. The van der Waals surface area contributed by atoms with E-state index in [1.807, 2.05) is 7.05 Å². The van der Waals surface area contributed by atoms with Gasteiger partial charge in [0.2, 0.25) is 0 Å². The van der Waals surface area contributed by atoms with Crippen molar-refractivity contribution < 1.29 is 4.79 Å². The Labute approximate surface area is 105 Å². The highest BCUT2D eigenvalue weighted by Crippen LogP contribution is 2.26. The van der Waals surface area contributed by atoms with Crippen LogP contribution in [0.15, 0.2) is 18.2 Å². The first-order chi connectivity index (χ1) is 7.58. The summed E-state index contributed by atoms with van der Waals surface area (Å²) < 4.78 is 0. The molecule has 0 saturated heterocycles. The first kappa shape index (κ1) is 11.9. The zero-order chi connectivity index (χ0) is 11.7. The molecule has 0 aliphatic heterocycles. The Morgan fingerprint density at radius 2 is 2.12 bits per heavy atom. The minimum atomic E-state index is 0.0295. The lowest BCUT2D eigenvalue weighted by Gasteiger charge is -2.14. The van der Waals surface area contributed by atoms with E-state index in [1.165, 1.54) is 12.8 Å². The lowest BCUT2D eigenvalue weighted by Crippen LogP contribution is -2.28. The lowest BCUT2D eigenvalue weighted by molar-refractivity contribution is 0.0942. The molecular formula is C12H13Cl2NO. The van der Waals surface area contributed by atoms with Crippen molar-refractivity contribution >= 4 is 29.0 Å². The van der Waals surface area contributed by atoms with Gasteiger partial charge in [0.1, 0.15) is 0 Å². The van der Waals surface area contributed by atoms with E-state index in [0.29, 0.717) is 28.2 Å². The molecule has 1 aromatic carbocycles. The van der Waals surface area contributed by atoms with Gasteiger partial charge < -0.3 is 0 Å². The second-order valence-electron chi connectivity index (χ2n) is 4.19. The SMILES string of the molecule is CN(CC(=O)c1cc(Cl)ccc1Cl)C1CC1. The monoisotopic (exact) mass is 257 g/mol. The first-order valence-corrected chi connectivity index (χ1v) is 6.02. The molecular weight excluding hydrogens is 245 g/mol. The minimum Gasteiger partial charge on any atom is -0.296 e. The Hall–Kier alpha value is -0.570. The fraction of sp³-hybridized carbons (Fsp3) is 0.417. The van der Waals surface area contributed by atoms with Crippen LogP contribution >= 0.6 is 23.2 Å². The molecule has 4 heteroatoms. The molecule has 1 aliphatic rings. The van der Waals surface area contributed by atoms with Gasteiger partial charge in [-0.1, -0.05) is 23.2 Å². The van der Waals surface area contributed by atoms with Gasteiger partial charge in [0.05, 0.1) is 11.6 Å². The number of hydrogen-bond donors (Lipinski definition) is 0. The van der Waals surface area contributed by atoms with Crippen molar-refractivity contribution in [3.8, 4) is 0 Å². The topological polar surface area (TPSA) is 20.3 Å². The van der Waals surface area contributed by atoms with Crippen molar-refractivity contribution in [2.75, 3.05) is 13.6 Å². The van der Waals surface area contributed by atoms with Gasteiger partial charge in [0.15, 0.2) is 5.78 Å². The third-order valence-corrected chi connectivity index (χ3v) is 3.36. The highest BCUT2D eigenvalue weighted by Gasteiger charge is 2.27. The van der Waals surface area contributed by atoms with Gasteiger partial charge in [-0.2, -0.15) is 0 Å². The Kier molecular flexibility index (Phi) is 3.53. The summed E-state index contributed by atoms with van der Waals surface area (Å²) in [6.07, 6.45) is 2.38. The summed E-state index contributed by atoms with van der Waals surface area (Å²) in [6, 6.07) is 5.55. The maximum Gasteiger partial charge on any atom is 0.178 e. The maximum absolute atomic E-state index is 12.0. The van der Waals surface area contributed by atoms with E-state index >= 15 is 0 Å². The molecule has 0 radical (unpaired) electrons. The van der Waals surface area contributed by atoms with Crippen LogP contribution in [0, 0.1) is 0 Å². The molecule has 86 valence electrons. The van der Waals surface area contributed by atoms with Crippen LogP contribution in [0.2, 0.25) is 10.0 Å². The van der Waals surface area contributed by atoms with Crippen LogP contribution in [0.3, 0.4) is 0 Å². The summed E-state index contributed by atoms with van der Waals surface area (Å²) in [5, 5.41) is 1.01. The predicted molar refractivity (Wildman–Crippen MR) is 66.4 cm³/mol. The van der Waals surface area contributed by atoms with Crippen LogP contribution in [-0.2, 0) is 0 Å². The number of rotatable bonds is 4. The van der Waals surface area contributed by atoms with Gasteiger partial charge >= 0.3 is 0 Å². The van der Waals surface area contributed by atoms with E-state index in [0.717, 1.165) is 0 Å². The fourth-order valence-corrected chi connectivity index (χ4v) is 2.06. The second kappa shape index (κ2) is 4.74. The van der Waals surface area contributed by atoms with Crippen LogP contribution in [0.25, 0.3) is 0 Å². The lowest BCUT2D eigenvalue weighted by atomic mass is 10.1. The molecule has 1 aromatic rings. The van der Waals surface area contributed by atoms with Gasteiger partial charge in [-0.3, -0.25) is 9.69 Å². The quantitative estimate of drug-likeness (QED) is 0.772. The fourth-order valence-electron chi connectivity index (χ4n) is 1.67. The standard InChI is InChI=1S/C12H13Cl2NO/c1-15(9-3-4-9)7-12(16)10-6-8(13)2-5-11(10)14/h2,5-6,9H,3-4,7H2,1H3. The van der Waals surface area contributed by atoms with E-state index in [4.69, 9.17) is 23.2 Å². The number of carbonyl (C=O) groups excluding carboxylic acids is 1. The van der Waals surface area contributed by atoms with Crippen molar-refractivity contribution in [3.05, 3.63) is 33.8 Å². The summed E-state index contributed by atoms with van der Waals surface area (Å²) in [5.41, 5.74) is 0.515. The van der Waals surface area contributed by atoms with Gasteiger partial charge in [-0.25, -0.2) is 0 Å². The molecule has 0 N–H and O–H groups in total. The Balaban J connectivity index is 2.10. The number of ketones is 1. The van der Waals surface area contributed by atoms with Gasteiger partial charge in [0.25, 0.3) is 0 Å². The second-order valence-corrected chi connectivity index (χ2v) is 5.04. The van der Waals surface area contributed by atoms with Crippen LogP contribution in [-0.4, -0.2) is 30.3 Å². The number of likely N-dealkylation sites (N-methyl/N-ethyl adjacent to an activating group) is 1. The summed E-state index contributed by atoms with van der Waals surface area (Å²) in [6.45, 7) is 0.407. The van der Waals surface area contributed by atoms with Crippen molar-refractivity contribution in [3.63, 3.8) is 0 Å². The molecule has 0 bridgehead atoms. The van der Waals surface area contributed by atoms with Crippen LogP contribution in [0.5, 0.6) is 0 Å². The number of Topliss-reactive ketones (excluding diaryl/α,β-unsaturated/α-hetero) is 1. The third kappa shape index (κ3) is 2.76. The van der Waals surface area contributed by atoms with Crippen molar-refractivity contribution in [2.45, 2.75) is 18.9 Å². The highest BCUT2D eigenvalue weighted by atomic mass is 35.5. The minimum absolute atomic E-state index is 0.0295. The van der Waals surface area contributed by atoms with Gasteiger partial charge in [0, 0.05) is 16.6 Å². The largest absolute Gasteiger partial charge is 0.296 e. The normalized spacial score (nSPS) is 15.5. The summed E-state index contributed by atoms with van der Waals surface area (Å²) in [4.78, 5) is 14.0. The molecule has 0 aromatic heterocycles. The van der Waals surface area contributed by atoms with E-state index in [9.17, 15) is 4.79 Å². The molecule has 1 saturated carbocycles. The van der Waals surface area contributed by atoms with Crippen LogP contribution < -0.4 is 0 Å². The predicted octanol–water partition coefficient (Wildman–Crippen LogP) is 3.27. The average Bonchev–Trinajstić information content (AvgIpc) is 3.04. The molecule has 2 nitrogen and oxygen atoms in total. The average molecular weight is 258 g/mol. The number of benzene rings is 1. The molecule has 1 aliphatic carbocycles. The van der Waals surface area contributed by atoms with Crippen molar-refractivity contribution in [2.24, 2.45) is 0 Å².